The van der Waals surface area contributed by atoms with E-state index in [0.717, 1.165) is 32.2 Å². The number of hydrogen-bond donors (Lipinski definition) is 1. The van der Waals surface area contributed by atoms with Gasteiger partial charge in [0.1, 0.15) is 0 Å². The first-order valence-electron chi connectivity index (χ1n) is 6.29. The maximum atomic E-state index is 12.1. The molecule has 4 heteroatoms. The van der Waals surface area contributed by atoms with Crippen molar-refractivity contribution in [2.75, 3.05) is 6.54 Å². The molecular formula is C12H22F3N. The fourth-order valence-corrected chi connectivity index (χ4v) is 2.53. The average molecular weight is 237 g/mol. The van der Waals surface area contributed by atoms with Gasteiger partial charge in [0.05, 0.1) is 0 Å². The predicted molar refractivity (Wildman–Crippen MR) is 59.4 cm³/mol. The van der Waals surface area contributed by atoms with Crippen LogP contribution in [0.2, 0.25) is 0 Å². The number of nitrogens with one attached hydrogen (secondary N) is 1. The molecule has 0 aromatic rings. The summed E-state index contributed by atoms with van der Waals surface area (Å²) in [5.41, 5.74) is -0.0260. The second-order valence-corrected chi connectivity index (χ2v) is 4.84. The van der Waals surface area contributed by atoms with Crippen LogP contribution in [0.3, 0.4) is 0 Å². The van der Waals surface area contributed by atoms with Crippen LogP contribution in [0.5, 0.6) is 0 Å². The molecule has 16 heavy (non-hydrogen) atoms. The highest BCUT2D eigenvalue weighted by atomic mass is 19.4. The van der Waals surface area contributed by atoms with E-state index in [4.69, 9.17) is 0 Å². The van der Waals surface area contributed by atoms with E-state index in [9.17, 15) is 13.2 Å². The van der Waals surface area contributed by atoms with Crippen molar-refractivity contribution in [3.8, 4) is 0 Å². The van der Waals surface area contributed by atoms with Crippen molar-refractivity contribution in [2.24, 2.45) is 0 Å². The molecular weight excluding hydrogens is 215 g/mol. The molecule has 1 heterocycles. The Labute approximate surface area is 95.8 Å². The lowest BCUT2D eigenvalue weighted by Gasteiger charge is -2.33. The van der Waals surface area contributed by atoms with Crippen LogP contribution in [-0.2, 0) is 0 Å². The van der Waals surface area contributed by atoms with E-state index in [0.29, 0.717) is 6.42 Å². The first kappa shape index (κ1) is 13.8. The minimum absolute atomic E-state index is 0.0260. The Bertz CT molecular complexity index is 193. The topological polar surface area (TPSA) is 12.0 Å². The zero-order chi connectivity index (χ0) is 12.1. The summed E-state index contributed by atoms with van der Waals surface area (Å²) in [5, 5.41) is 3.46. The van der Waals surface area contributed by atoms with Crippen LogP contribution < -0.4 is 5.32 Å². The van der Waals surface area contributed by atoms with Crippen LogP contribution >= 0.6 is 0 Å². The molecule has 1 atom stereocenters. The van der Waals surface area contributed by atoms with Crippen LogP contribution in [0.25, 0.3) is 0 Å². The molecule has 1 aliphatic rings. The van der Waals surface area contributed by atoms with Crippen molar-refractivity contribution in [1.82, 2.24) is 5.32 Å². The van der Waals surface area contributed by atoms with Gasteiger partial charge in [0.2, 0.25) is 0 Å². The molecule has 1 saturated heterocycles. The van der Waals surface area contributed by atoms with Gasteiger partial charge in [-0.1, -0.05) is 19.8 Å². The summed E-state index contributed by atoms with van der Waals surface area (Å²) in [7, 11) is 0. The number of hydrogen-bond acceptors (Lipinski definition) is 1. The van der Waals surface area contributed by atoms with E-state index in [1.807, 2.05) is 0 Å². The highest BCUT2D eigenvalue weighted by Crippen LogP contribution is 2.30. The van der Waals surface area contributed by atoms with Gasteiger partial charge in [-0.25, -0.2) is 0 Å². The van der Waals surface area contributed by atoms with E-state index in [1.54, 1.807) is 0 Å². The Morgan fingerprint density at radius 3 is 2.56 bits per heavy atom. The van der Waals surface area contributed by atoms with Crippen molar-refractivity contribution >= 4 is 0 Å². The van der Waals surface area contributed by atoms with Crippen LogP contribution in [-0.4, -0.2) is 18.3 Å². The summed E-state index contributed by atoms with van der Waals surface area (Å²) in [5.74, 6) is 0. The summed E-state index contributed by atoms with van der Waals surface area (Å²) < 4.78 is 36.3. The summed E-state index contributed by atoms with van der Waals surface area (Å²) in [6.07, 6.45) is 1.73. The Hall–Kier alpha value is -0.250. The molecule has 0 aliphatic carbocycles. The average Bonchev–Trinajstić information content (AvgIpc) is 2.42. The molecule has 0 spiro atoms. The summed E-state index contributed by atoms with van der Waals surface area (Å²) in [4.78, 5) is 0. The van der Waals surface area contributed by atoms with E-state index >= 15 is 0 Å². The normalized spacial score (nSPS) is 27.8. The van der Waals surface area contributed by atoms with Crippen molar-refractivity contribution in [3.63, 3.8) is 0 Å². The Kier molecular flexibility index (Phi) is 5.09. The third-order valence-corrected chi connectivity index (χ3v) is 3.62. The van der Waals surface area contributed by atoms with Gasteiger partial charge in [-0.15, -0.1) is 0 Å². The van der Waals surface area contributed by atoms with Crippen LogP contribution in [0.15, 0.2) is 0 Å². The molecule has 0 aromatic heterocycles. The quantitative estimate of drug-likeness (QED) is 0.778. The smallest absolute Gasteiger partial charge is 0.311 e. The zero-order valence-corrected chi connectivity index (χ0v) is 10.00. The fourth-order valence-electron chi connectivity index (χ4n) is 2.53. The molecule has 1 rings (SSSR count). The lowest BCUT2D eigenvalue weighted by Crippen LogP contribution is -2.44. The second-order valence-electron chi connectivity index (χ2n) is 4.84. The predicted octanol–water partition coefficient (Wildman–Crippen LogP) is 4.03. The number of alkyl halides is 3. The van der Waals surface area contributed by atoms with Gasteiger partial charge in [0, 0.05) is 12.0 Å². The van der Waals surface area contributed by atoms with Crippen molar-refractivity contribution in [1.29, 1.82) is 0 Å². The van der Waals surface area contributed by atoms with E-state index in [2.05, 4.69) is 12.2 Å². The Morgan fingerprint density at radius 1 is 1.19 bits per heavy atom. The maximum absolute atomic E-state index is 12.1. The van der Waals surface area contributed by atoms with Gasteiger partial charge in [-0.05, 0) is 38.6 Å². The van der Waals surface area contributed by atoms with Crippen LogP contribution in [0.4, 0.5) is 13.2 Å². The second kappa shape index (κ2) is 5.89. The van der Waals surface area contributed by atoms with E-state index in [1.165, 1.54) is 6.42 Å². The molecule has 0 radical (unpaired) electrons. The lowest BCUT2D eigenvalue weighted by molar-refractivity contribution is -0.136. The summed E-state index contributed by atoms with van der Waals surface area (Å²) in [6, 6.07) is 0. The minimum Gasteiger partial charge on any atom is -0.311 e. The lowest BCUT2D eigenvalue weighted by atomic mass is 9.85. The maximum Gasteiger partial charge on any atom is 0.389 e. The fraction of sp³-hybridized carbons (Fsp3) is 1.00. The largest absolute Gasteiger partial charge is 0.389 e. The van der Waals surface area contributed by atoms with Crippen LogP contribution in [0, 0.1) is 0 Å². The van der Waals surface area contributed by atoms with Gasteiger partial charge >= 0.3 is 6.18 Å². The monoisotopic (exact) mass is 237 g/mol. The third-order valence-electron chi connectivity index (χ3n) is 3.62. The van der Waals surface area contributed by atoms with E-state index in [-0.39, 0.29) is 12.0 Å². The molecule has 0 aromatic carbocycles. The molecule has 0 amide bonds. The first-order chi connectivity index (χ1) is 7.47. The highest BCUT2D eigenvalue weighted by molar-refractivity contribution is 4.88. The highest BCUT2D eigenvalue weighted by Gasteiger charge is 2.31. The Balaban J connectivity index is 2.39. The molecule has 1 nitrogen and oxygen atoms in total. The molecule has 1 unspecified atom stereocenters. The zero-order valence-electron chi connectivity index (χ0n) is 10.00. The van der Waals surface area contributed by atoms with Gasteiger partial charge in [0.15, 0.2) is 0 Å². The van der Waals surface area contributed by atoms with Crippen molar-refractivity contribution in [2.45, 2.75) is 70.0 Å². The summed E-state index contributed by atoms with van der Waals surface area (Å²) >= 11 is 0. The van der Waals surface area contributed by atoms with Gasteiger partial charge in [-0.3, -0.25) is 0 Å². The van der Waals surface area contributed by atoms with Gasteiger partial charge in [0.25, 0.3) is 0 Å². The molecule has 0 saturated carbocycles. The SMILES string of the molecule is CCC1(CCCC(F)(F)F)CCCCCN1. The number of halogens is 3. The summed E-state index contributed by atoms with van der Waals surface area (Å²) in [6.45, 7) is 3.03. The first-order valence-corrected chi connectivity index (χ1v) is 6.29. The Morgan fingerprint density at radius 2 is 1.94 bits per heavy atom. The van der Waals surface area contributed by atoms with Crippen molar-refractivity contribution < 1.29 is 13.2 Å². The molecule has 96 valence electrons. The van der Waals surface area contributed by atoms with E-state index < -0.39 is 12.6 Å². The van der Waals surface area contributed by atoms with Crippen molar-refractivity contribution in [3.05, 3.63) is 0 Å². The molecule has 0 bridgehead atoms. The third kappa shape index (κ3) is 4.73. The molecule has 1 aliphatic heterocycles. The van der Waals surface area contributed by atoms with Gasteiger partial charge in [-0.2, -0.15) is 13.2 Å². The van der Waals surface area contributed by atoms with Gasteiger partial charge < -0.3 is 5.32 Å². The molecule has 1 N–H and O–H groups in total. The molecule has 1 fully saturated rings. The minimum atomic E-state index is -4.00. The standard InChI is InChI=1S/C12H22F3N/c1-2-11(7-4-3-5-10-16-11)8-6-9-12(13,14)15/h16H,2-10H2,1H3. The number of rotatable bonds is 4. The van der Waals surface area contributed by atoms with Crippen LogP contribution in [0.1, 0.15) is 58.3 Å².